The number of benzene rings is 2. The number of piperazine rings is 1. The Hall–Kier alpha value is -2.62. The van der Waals surface area contributed by atoms with Crippen LogP contribution in [0, 0.1) is 0 Å². The molecule has 1 heterocycles. The molecule has 0 aromatic heterocycles. The number of anilines is 1. The van der Waals surface area contributed by atoms with Gasteiger partial charge >= 0.3 is 5.97 Å². The number of nitrogens with zero attached hydrogens (tertiary/aromatic N) is 2. The molecule has 0 unspecified atom stereocenters. The van der Waals surface area contributed by atoms with Crippen LogP contribution in [0.3, 0.4) is 0 Å². The van der Waals surface area contributed by atoms with Crippen LogP contribution in [0.15, 0.2) is 53.4 Å². The van der Waals surface area contributed by atoms with Gasteiger partial charge in [0.15, 0.2) is 6.61 Å². The third kappa shape index (κ3) is 4.92. The van der Waals surface area contributed by atoms with Gasteiger partial charge < -0.3 is 15.0 Å². The van der Waals surface area contributed by atoms with E-state index < -0.39 is 22.6 Å². The molecular weight excluding hydrogens is 430 g/mol. The number of carbonyl (C=O) groups excluding carboxylic acids is 2. The molecule has 0 saturated carbocycles. The lowest BCUT2D eigenvalue weighted by Crippen LogP contribution is -2.51. The predicted octanol–water partition coefficient (Wildman–Crippen LogP) is 2.07. The summed E-state index contributed by atoms with van der Waals surface area (Å²) in [4.78, 5) is 26.3. The number of nitrogens with one attached hydrogen (secondary N) is 1. The quantitative estimate of drug-likeness (QED) is 0.675. The molecule has 30 heavy (non-hydrogen) atoms. The fourth-order valence-electron chi connectivity index (χ4n) is 3.11. The van der Waals surface area contributed by atoms with Crippen molar-refractivity contribution in [3.05, 3.63) is 59.1 Å². The molecule has 10 heteroatoms. The van der Waals surface area contributed by atoms with Crippen molar-refractivity contribution in [3.8, 4) is 0 Å². The van der Waals surface area contributed by atoms with Crippen molar-refractivity contribution < 1.29 is 22.7 Å². The van der Waals surface area contributed by atoms with Gasteiger partial charge in [-0.15, -0.1) is 0 Å². The van der Waals surface area contributed by atoms with E-state index in [1.54, 1.807) is 31.3 Å². The number of ether oxygens (including phenoxy) is 1. The van der Waals surface area contributed by atoms with E-state index in [1.807, 2.05) is 0 Å². The van der Waals surface area contributed by atoms with Gasteiger partial charge in [-0.3, -0.25) is 4.79 Å². The highest BCUT2D eigenvalue weighted by Crippen LogP contribution is 2.20. The van der Waals surface area contributed by atoms with E-state index in [0.29, 0.717) is 16.3 Å². The molecule has 1 saturated heterocycles. The van der Waals surface area contributed by atoms with E-state index in [4.69, 9.17) is 16.3 Å². The van der Waals surface area contributed by atoms with Crippen molar-refractivity contribution in [2.75, 3.05) is 45.2 Å². The normalized spacial score (nSPS) is 14.9. The van der Waals surface area contributed by atoms with Gasteiger partial charge in [0.2, 0.25) is 10.0 Å². The topological polar surface area (TPSA) is 96.0 Å². The molecule has 1 amide bonds. The van der Waals surface area contributed by atoms with Crippen LogP contribution < -0.4 is 5.32 Å². The van der Waals surface area contributed by atoms with Crippen LogP contribution in [0.2, 0.25) is 5.02 Å². The van der Waals surface area contributed by atoms with Crippen LogP contribution in [0.4, 0.5) is 5.69 Å². The minimum atomic E-state index is -3.65. The molecule has 0 aliphatic carbocycles. The summed E-state index contributed by atoms with van der Waals surface area (Å²) in [6.07, 6.45) is 0. The van der Waals surface area contributed by atoms with Crippen LogP contribution >= 0.6 is 11.6 Å². The minimum absolute atomic E-state index is 0.156. The molecule has 2 aromatic carbocycles. The highest BCUT2D eigenvalue weighted by atomic mass is 35.5. The molecular formula is C20H22ClN3O5S. The lowest BCUT2D eigenvalue weighted by Gasteiger charge is -2.33. The largest absolute Gasteiger partial charge is 0.452 e. The molecule has 0 atom stereocenters. The van der Waals surface area contributed by atoms with E-state index >= 15 is 0 Å². The number of rotatable bonds is 6. The molecule has 0 spiro atoms. The van der Waals surface area contributed by atoms with E-state index in [-0.39, 0.29) is 37.0 Å². The van der Waals surface area contributed by atoms with Gasteiger partial charge in [0.05, 0.1) is 10.5 Å². The molecule has 1 aliphatic rings. The summed E-state index contributed by atoms with van der Waals surface area (Å²) in [6.45, 7) is 0.355. The smallest absolute Gasteiger partial charge is 0.340 e. The summed E-state index contributed by atoms with van der Waals surface area (Å²) in [5.41, 5.74) is 0.947. The number of halogens is 1. The molecule has 1 N–H and O–H groups in total. The molecule has 160 valence electrons. The fraction of sp³-hybridized carbons (Fsp3) is 0.300. The SMILES string of the molecule is CNc1ccccc1C(=O)OCC(=O)N1CCN(S(=O)(=O)c2ccc(Cl)cc2)CC1. The number of para-hydroxylation sites is 1. The first-order valence-electron chi connectivity index (χ1n) is 9.30. The molecule has 1 aliphatic heterocycles. The van der Waals surface area contributed by atoms with Crippen molar-refractivity contribution >= 4 is 39.2 Å². The van der Waals surface area contributed by atoms with Gasteiger partial charge in [0.25, 0.3) is 5.91 Å². The van der Waals surface area contributed by atoms with E-state index in [2.05, 4.69) is 5.32 Å². The van der Waals surface area contributed by atoms with Gasteiger partial charge in [-0.05, 0) is 36.4 Å². The Bertz CT molecular complexity index is 1020. The standard InChI is InChI=1S/C20H22ClN3O5S/c1-22-18-5-3-2-4-17(18)20(26)29-14-19(25)23-10-12-24(13-11-23)30(27,28)16-8-6-15(21)7-9-16/h2-9,22H,10-14H2,1H3. The Labute approximate surface area is 180 Å². The Morgan fingerprint density at radius 1 is 1.03 bits per heavy atom. The average Bonchev–Trinajstić information content (AvgIpc) is 2.77. The highest BCUT2D eigenvalue weighted by molar-refractivity contribution is 7.89. The van der Waals surface area contributed by atoms with Gasteiger partial charge in [0.1, 0.15) is 0 Å². The maximum Gasteiger partial charge on any atom is 0.340 e. The zero-order valence-electron chi connectivity index (χ0n) is 16.4. The molecule has 0 bridgehead atoms. The molecule has 3 rings (SSSR count). The fourth-order valence-corrected chi connectivity index (χ4v) is 4.66. The summed E-state index contributed by atoms with van der Waals surface area (Å²) in [5.74, 6) is -0.967. The number of carbonyl (C=O) groups is 2. The Balaban J connectivity index is 1.54. The zero-order chi connectivity index (χ0) is 21.7. The van der Waals surface area contributed by atoms with Crippen molar-refractivity contribution in [2.45, 2.75) is 4.90 Å². The summed E-state index contributed by atoms with van der Waals surface area (Å²) in [5, 5.41) is 3.35. The highest BCUT2D eigenvalue weighted by Gasteiger charge is 2.30. The monoisotopic (exact) mass is 451 g/mol. The van der Waals surface area contributed by atoms with Gasteiger partial charge in [-0.2, -0.15) is 4.31 Å². The first kappa shape index (κ1) is 22.1. The van der Waals surface area contributed by atoms with Crippen LogP contribution in [-0.2, 0) is 19.6 Å². The lowest BCUT2D eigenvalue weighted by molar-refractivity contribution is -0.135. The van der Waals surface area contributed by atoms with Crippen molar-refractivity contribution in [2.24, 2.45) is 0 Å². The van der Waals surface area contributed by atoms with Crippen molar-refractivity contribution in [1.82, 2.24) is 9.21 Å². The number of sulfonamides is 1. The summed E-state index contributed by atoms with van der Waals surface area (Å²) in [7, 11) is -1.96. The molecule has 0 radical (unpaired) electrons. The first-order valence-corrected chi connectivity index (χ1v) is 11.1. The number of amides is 1. The van der Waals surface area contributed by atoms with Crippen LogP contribution in [0.25, 0.3) is 0 Å². The number of esters is 1. The van der Waals surface area contributed by atoms with Crippen molar-refractivity contribution in [1.29, 1.82) is 0 Å². The van der Waals surface area contributed by atoms with Crippen molar-refractivity contribution in [3.63, 3.8) is 0 Å². The molecule has 1 fully saturated rings. The third-order valence-electron chi connectivity index (χ3n) is 4.79. The van der Waals surface area contributed by atoms with E-state index in [1.165, 1.54) is 33.5 Å². The maximum atomic E-state index is 12.7. The summed E-state index contributed by atoms with van der Waals surface area (Å²) in [6, 6.07) is 12.8. The second-order valence-electron chi connectivity index (χ2n) is 6.61. The zero-order valence-corrected chi connectivity index (χ0v) is 17.9. The predicted molar refractivity (Wildman–Crippen MR) is 113 cm³/mol. The van der Waals surface area contributed by atoms with Gasteiger partial charge in [-0.25, -0.2) is 13.2 Å². The number of hydrogen-bond donors (Lipinski definition) is 1. The van der Waals surface area contributed by atoms with Crippen LogP contribution in [0.5, 0.6) is 0 Å². The molecule has 2 aromatic rings. The van der Waals surface area contributed by atoms with Crippen LogP contribution in [0.1, 0.15) is 10.4 Å². The number of hydrogen-bond acceptors (Lipinski definition) is 6. The summed E-state index contributed by atoms with van der Waals surface area (Å²) < 4.78 is 31.9. The second kappa shape index (κ2) is 9.46. The van der Waals surface area contributed by atoms with Crippen LogP contribution in [-0.4, -0.2) is 69.3 Å². The van der Waals surface area contributed by atoms with E-state index in [9.17, 15) is 18.0 Å². The Kier molecular flexibility index (Phi) is 6.96. The van der Waals surface area contributed by atoms with Gasteiger partial charge in [0, 0.05) is 43.9 Å². The first-order chi connectivity index (χ1) is 14.3. The van der Waals surface area contributed by atoms with E-state index in [0.717, 1.165) is 0 Å². The Morgan fingerprint density at radius 3 is 2.30 bits per heavy atom. The lowest BCUT2D eigenvalue weighted by atomic mass is 10.2. The molecule has 8 nitrogen and oxygen atoms in total. The second-order valence-corrected chi connectivity index (χ2v) is 8.98. The minimum Gasteiger partial charge on any atom is -0.452 e. The third-order valence-corrected chi connectivity index (χ3v) is 6.95. The average molecular weight is 452 g/mol. The van der Waals surface area contributed by atoms with Gasteiger partial charge in [-0.1, -0.05) is 23.7 Å². The maximum absolute atomic E-state index is 12.7. The Morgan fingerprint density at radius 2 is 1.67 bits per heavy atom. The summed E-state index contributed by atoms with van der Waals surface area (Å²) >= 11 is 5.82.